The second kappa shape index (κ2) is 6.73. The van der Waals surface area contributed by atoms with Crippen LogP contribution in [0.25, 0.3) is 0 Å². The highest BCUT2D eigenvalue weighted by molar-refractivity contribution is 5.93. The number of piperazine rings is 1. The third kappa shape index (κ3) is 3.31. The molecule has 122 valence electrons. The number of aryl methyl sites for hydroxylation is 1. The molecule has 0 bridgehead atoms. The predicted octanol–water partition coefficient (Wildman–Crippen LogP) is 2.34. The lowest BCUT2D eigenvalue weighted by Gasteiger charge is -2.35. The normalized spacial score (nSPS) is 14.9. The van der Waals surface area contributed by atoms with Crippen LogP contribution < -0.4 is 9.64 Å². The summed E-state index contributed by atoms with van der Waals surface area (Å²) in [4.78, 5) is 20.9. The Morgan fingerprint density at radius 1 is 1.26 bits per heavy atom. The number of carbonyl (C=O) groups is 1. The zero-order valence-electron chi connectivity index (χ0n) is 13.5. The van der Waals surface area contributed by atoms with Gasteiger partial charge in [-0.3, -0.25) is 4.79 Å². The number of ether oxygens (including phenoxy) is 1. The van der Waals surface area contributed by atoms with Crippen LogP contribution in [0.4, 0.5) is 5.82 Å². The van der Waals surface area contributed by atoms with Crippen molar-refractivity contribution in [1.29, 1.82) is 0 Å². The molecule has 6 nitrogen and oxygen atoms in total. The summed E-state index contributed by atoms with van der Waals surface area (Å²) in [6, 6.07) is 7.58. The van der Waals surface area contributed by atoms with Crippen LogP contribution in [-0.4, -0.2) is 48.6 Å². The van der Waals surface area contributed by atoms with Gasteiger partial charge in [-0.15, -0.1) is 0 Å². The molecular formula is C17H21N3O3. The van der Waals surface area contributed by atoms with Crippen molar-refractivity contribution >= 4 is 11.7 Å². The molecule has 0 radical (unpaired) electrons. The predicted molar refractivity (Wildman–Crippen MR) is 87.0 cm³/mol. The van der Waals surface area contributed by atoms with Crippen molar-refractivity contribution in [2.45, 2.75) is 13.8 Å². The molecule has 0 saturated carbocycles. The van der Waals surface area contributed by atoms with Crippen molar-refractivity contribution in [2.75, 3.05) is 37.7 Å². The summed E-state index contributed by atoms with van der Waals surface area (Å²) in [5.74, 6) is 1.92. The lowest BCUT2D eigenvalue weighted by Crippen LogP contribution is -2.49. The summed E-state index contributed by atoms with van der Waals surface area (Å²) < 4.78 is 10.7. The van der Waals surface area contributed by atoms with E-state index >= 15 is 0 Å². The summed E-state index contributed by atoms with van der Waals surface area (Å²) in [6.07, 6.45) is 1.56. The molecule has 0 spiro atoms. The Morgan fingerprint density at radius 2 is 2.04 bits per heavy atom. The summed E-state index contributed by atoms with van der Waals surface area (Å²) >= 11 is 0. The van der Waals surface area contributed by atoms with Gasteiger partial charge in [-0.1, -0.05) is 6.07 Å². The lowest BCUT2D eigenvalue weighted by molar-refractivity contribution is 0.0713. The Hall–Kier alpha value is -2.50. The van der Waals surface area contributed by atoms with Crippen molar-refractivity contribution in [3.63, 3.8) is 0 Å². The number of hydrogen-bond donors (Lipinski definition) is 0. The van der Waals surface area contributed by atoms with Gasteiger partial charge in [-0.05, 0) is 26.0 Å². The maximum atomic E-state index is 12.4. The largest absolute Gasteiger partial charge is 0.478 e. The van der Waals surface area contributed by atoms with E-state index in [2.05, 4.69) is 9.88 Å². The molecule has 1 saturated heterocycles. The first-order chi connectivity index (χ1) is 11.2. The molecule has 1 aliphatic rings. The fraction of sp³-hybridized carbons (Fsp3) is 0.412. The molecule has 0 atom stereocenters. The minimum Gasteiger partial charge on any atom is -0.478 e. The number of rotatable bonds is 4. The van der Waals surface area contributed by atoms with E-state index in [0.29, 0.717) is 31.3 Å². The minimum absolute atomic E-state index is 0.0387. The fourth-order valence-corrected chi connectivity index (χ4v) is 2.68. The average Bonchev–Trinajstić information content (AvgIpc) is 3.01. The number of carbonyl (C=O) groups excluding carboxylic acids is 1. The van der Waals surface area contributed by atoms with Crippen molar-refractivity contribution in [3.8, 4) is 5.88 Å². The van der Waals surface area contributed by atoms with Gasteiger partial charge >= 0.3 is 0 Å². The van der Waals surface area contributed by atoms with Crippen LogP contribution in [0.15, 0.2) is 34.9 Å². The van der Waals surface area contributed by atoms with Crippen molar-refractivity contribution in [3.05, 3.63) is 41.9 Å². The van der Waals surface area contributed by atoms with E-state index in [4.69, 9.17) is 9.15 Å². The first-order valence-electron chi connectivity index (χ1n) is 7.87. The molecule has 3 heterocycles. The van der Waals surface area contributed by atoms with Gasteiger partial charge in [0.05, 0.1) is 12.9 Å². The van der Waals surface area contributed by atoms with Gasteiger partial charge in [0.1, 0.15) is 5.82 Å². The minimum atomic E-state index is -0.0387. The summed E-state index contributed by atoms with van der Waals surface area (Å²) in [7, 11) is 0. The van der Waals surface area contributed by atoms with E-state index in [1.807, 2.05) is 43.0 Å². The molecule has 1 aliphatic heterocycles. The zero-order chi connectivity index (χ0) is 16.2. The van der Waals surface area contributed by atoms with Gasteiger partial charge in [0.2, 0.25) is 5.88 Å². The van der Waals surface area contributed by atoms with E-state index in [1.54, 1.807) is 6.26 Å². The SMILES string of the molecule is CCOc1cccc(N2CCN(C(=O)c3occc3C)CC2)n1. The third-order valence-electron chi connectivity index (χ3n) is 3.95. The molecule has 0 N–H and O–H groups in total. The van der Waals surface area contributed by atoms with Gasteiger partial charge in [0.25, 0.3) is 5.91 Å². The second-order valence-electron chi connectivity index (χ2n) is 5.48. The summed E-state index contributed by atoms with van der Waals surface area (Å²) in [5.41, 5.74) is 0.878. The highest BCUT2D eigenvalue weighted by Crippen LogP contribution is 2.19. The van der Waals surface area contributed by atoms with E-state index < -0.39 is 0 Å². The van der Waals surface area contributed by atoms with Crippen LogP contribution in [0.5, 0.6) is 5.88 Å². The van der Waals surface area contributed by atoms with Gasteiger partial charge in [0.15, 0.2) is 5.76 Å². The van der Waals surface area contributed by atoms with Crippen LogP contribution in [0.2, 0.25) is 0 Å². The Morgan fingerprint density at radius 3 is 2.70 bits per heavy atom. The number of anilines is 1. The number of furan rings is 1. The average molecular weight is 315 g/mol. The molecule has 23 heavy (non-hydrogen) atoms. The van der Waals surface area contributed by atoms with Crippen LogP contribution in [0.3, 0.4) is 0 Å². The van der Waals surface area contributed by atoms with Crippen molar-refractivity contribution < 1.29 is 13.9 Å². The first kappa shape index (κ1) is 15.4. The topological polar surface area (TPSA) is 58.8 Å². The van der Waals surface area contributed by atoms with Crippen LogP contribution in [-0.2, 0) is 0 Å². The highest BCUT2D eigenvalue weighted by atomic mass is 16.5. The van der Waals surface area contributed by atoms with E-state index in [-0.39, 0.29) is 5.91 Å². The summed E-state index contributed by atoms with van der Waals surface area (Å²) in [5, 5.41) is 0. The molecule has 1 amide bonds. The lowest BCUT2D eigenvalue weighted by atomic mass is 10.2. The fourth-order valence-electron chi connectivity index (χ4n) is 2.68. The second-order valence-corrected chi connectivity index (χ2v) is 5.48. The van der Waals surface area contributed by atoms with Gasteiger partial charge in [-0.25, -0.2) is 0 Å². The molecule has 1 fully saturated rings. The Bertz CT molecular complexity index is 675. The van der Waals surface area contributed by atoms with Crippen LogP contribution in [0.1, 0.15) is 23.0 Å². The van der Waals surface area contributed by atoms with Crippen molar-refractivity contribution in [2.24, 2.45) is 0 Å². The molecule has 2 aromatic heterocycles. The standard InChI is InChI=1S/C17H21N3O3/c1-3-22-15-6-4-5-14(18-15)19-8-10-20(11-9-19)17(21)16-13(2)7-12-23-16/h4-7,12H,3,8-11H2,1-2H3. The number of aromatic nitrogens is 1. The quantitative estimate of drug-likeness (QED) is 0.867. The van der Waals surface area contributed by atoms with E-state index in [9.17, 15) is 4.79 Å². The maximum absolute atomic E-state index is 12.4. The Labute approximate surface area is 135 Å². The molecular weight excluding hydrogens is 294 g/mol. The van der Waals surface area contributed by atoms with E-state index in [1.165, 1.54) is 0 Å². The third-order valence-corrected chi connectivity index (χ3v) is 3.95. The number of amides is 1. The molecule has 0 aliphatic carbocycles. The number of pyridine rings is 1. The van der Waals surface area contributed by atoms with E-state index in [0.717, 1.165) is 24.5 Å². The molecule has 0 aromatic carbocycles. The van der Waals surface area contributed by atoms with Crippen molar-refractivity contribution in [1.82, 2.24) is 9.88 Å². The molecule has 3 rings (SSSR count). The molecule has 2 aromatic rings. The first-order valence-corrected chi connectivity index (χ1v) is 7.87. The molecule has 0 unspecified atom stereocenters. The van der Waals surface area contributed by atoms with Crippen LogP contribution >= 0.6 is 0 Å². The smallest absolute Gasteiger partial charge is 0.289 e. The van der Waals surface area contributed by atoms with Crippen LogP contribution in [0, 0.1) is 6.92 Å². The van der Waals surface area contributed by atoms with Gasteiger partial charge in [-0.2, -0.15) is 4.98 Å². The van der Waals surface area contributed by atoms with Gasteiger partial charge in [0, 0.05) is 37.8 Å². The maximum Gasteiger partial charge on any atom is 0.289 e. The van der Waals surface area contributed by atoms with Gasteiger partial charge < -0.3 is 19.0 Å². The number of nitrogens with zero attached hydrogens (tertiary/aromatic N) is 3. The molecule has 6 heteroatoms. The number of hydrogen-bond acceptors (Lipinski definition) is 5. The Kier molecular flexibility index (Phi) is 4.50. The zero-order valence-corrected chi connectivity index (χ0v) is 13.5. The monoisotopic (exact) mass is 315 g/mol. The highest BCUT2D eigenvalue weighted by Gasteiger charge is 2.25. The summed E-state index contributed by atoms with van der Waals surface area (Å²) in [6.45, 7) is 7.22. The Balaban J connectivity index is 1.63.